The van der Waals surface area contributed by atoms with Gasteiger partial charge in [-0.15, -0.1) is 0 Å². The van der Waals surface area contributed by atoms with Crippen LogP contribution in [0.4, 0.5) is 0 Å². The highest BCUT2D eigenvalue weighted by Gasteiger charge is 2.27. The third-order valence-corrected chi connectivity index (χ3v) is 2.52. The van der Waals surface area contributed by atoms with E-state index in [0.29, 0.717) is 6.42 Å². The van der Waals surface area contributed by atoms with Crippen molar-refractivity contribution in [2.75, 3.05) is 7.11 Å². The van der Waals surface area contributed by atoms with Crippen molar-refractivity contribution in [3.63, 3.8) is 0 Å². The molecule has 1 unspecified atom stereocenters. The van der Waals surface area contributed by atoms with Gasteiger partial charge in [-0.05, 0) is 11.8 Å². The Morgan fingerprint density at radius 3 is 2.09 bits per heavy atom. The van der Waals surface area contributed by atoms with Gasteiger partial charge < -0.3 is 14.2 Å². The van der Waals surface area contributed by atoms with E-state index in [0.717, 1.165) is 19.3 Å². The van der Waals surface area contributed by atoms with Gasteiger partial charge in [0.1, 0.15) is 0 Å². The number of hydrogen-bond acceptors (Lipinski definition) is 7. The Balaban J connectivity index is 4.68. The minimum Gasteiger partial charge on any atom is -0.466 e. The maximum absolute atomic E-state index is 11.9. The van der Waals surface area contributed by atoms with Crippen LogP contribution in [0.15, 0.2) is 12.2 Å². The van der Waals surface area contributed by atoms with Crippen LogP contribution in [0.5, 0.6) is 0 Å². The molecule has 0 aliphatic carbocycles. The van der Waals surface area contributed by atoms with Crippen LogP contribution in [-0.4, -0.2) is 37.1 Å². The van der Waals surface area contributed by atoms with Gasteiger partial charge in [-0.2, -0.15) is 0 Å². The van der Waals surface area contributed by atoms with Gasteiger partial charge in [-0.25, -0.2) is 14.4 Å². The lowest BCUT2D eigenvalue weighted by Gasteiger charge is -2.18. The molecule has 0 bridgehead atoms. The molecule has 0 fully saturated rings. The number of esters is 4. The summed E-state index contributed by atoms with van der Waals surface area (Å²) in [6, 6.07) is 0. The number of rotatable bonds is 7. The lowest BCUT2D eigenvalue weighted by molar-refractivity contribution is -0.173. The summed E-state index contributed by atoms with van der Waals surface area (Å²) in [5, 5.41) is 0. The second-order valence-electron chi connectivity index (χ2n) is 6.10. The van der Waals surface area contributed by atoms with Gasteiger partial charge in [0.05, 0.1) is 13.5 Å². The zero-order chi connectivity index (χ0) is 18.0. The van der Waals surface area contributed by atoms with E-state index < -0.39 is 30.0 Å². The molecule has 0 radical (unpaired) electrons. The van der Waals surface area contributed by atoms with Gasteiger partial charge in [-0.3, -0.25) is 4.79 Å². The first kappa shape index (κ1) is 20.8. The SMILES string of the molecule is CCCC(OC(=O)/C=C\C(=O)OC)C(=O)OC(=O)CC(C)(C)C. The monoisotopic (exact) mass is 328 g/mol. The van der Waals surface area contributed by atoms with E-state index in [1.807, 2.05) is 20.8 Å². The zero-order valence-electron chi connectivity index (χ0n) is 14.2. The molecule has 1 atom stereocenters. The number of ether oxygens (including phenoxy) is 3. The van der Waals surface area contributed by atoms with Crippen LogP contribution >= 0.6 is 0 Å². The molecule has 7 nitrogen and oxygen atoms in total. The van der Waals surface area contributed by atoms with Crippen LogP contribution in [0.2, 0.25) is 0 Å². The van der Waals surface area contributed by atoms with E-state index in [1.54, 1.807) is 6.92 Å². The van der Waals surface area contributed by atoms with Crippen LogP contribution in [0.3, 0.4) is 0 Å². The van der Waals surface area contributed by atoms with E-state index in [2.05, 4.69) is 4.74 Å². The number of carbonyl (C=O) groups is 4. The number of methoxy groups -OCH3 is 1. The highest BCUT2D eigenvalue weighted by atomic mass is 16.6. The molecule has 0 saturated heterocycles. The van der Waals surface area contributed by atoms with E-state index in [1.165, 1.54) is 0 Å². The van der Waals surface area contributed by atoms with Crippen molar-refractivity contribution in [1.82, 2.24) is 0 Å². The Bertz CT molecular complexity index is 471. The van der Waals surface area contributed by atoms with Gasteiger partial charge >= 0.3 is 23.9 Å². The first-order chi connectivity index (χ1) is 10.6. The standard InChI is InChI=1S/C16H24O7/c1-6-7-11(22-13(18)9-8-12(17)21-5)15(20)23-14(19)10-16(2,3)4/h8-9,11H,6-7,10H2,1-5H3/b9-8-. The van der Waals surface area contributed by atoms with E-state index in [9.17, 15) is 19.2 Å². The predicted octanol–water partition coefficient (Wildman–Crippen LogP) is 1.93. The number of hydrogen-bond donors (Lipinski definition) is 0. The molecule has 23 heavy (non-hydrogen) atoms. The molecule has 0 aromatic heterocycles. The van der Waals surface area contributed by atoms with Gasteiger partial charge in [0.15, 0.2) is 6.10 Å². The molecule has 0 aliphatic rings. The first-order valence-electron chi connectivity index (χ1n) is 7.30. The molecule has 0 rings (SSSR count). The fraction of sp³-hybridized carbons (Fsp3) is 0.625. The van der Waals surface area contributed by atoms with E-state index in [-0.39, 0.29) is 18.3 Å². The minimum absolute atomic E-state index is 0.0633. The summed E-state index contributed by atoms with van der Waals surface area (Å²) in [6.45, 7) is 7.29. The Morgan fingerprint density at radius 2 is 1.61 bits per heavy atom. The van der Waals surface area contributed by atoms with Crippen molar-refractivity contribution < 1.29 is 33.4 Å². The average Bonchev–Trinajstić information content (AvgIpc) is 2.41. The Kier molecular flexibility index (Phi) is 8.83. The molecule has 0 spiro atoms. The number of carbonyl (C=O) groups excluding carboxylic acids is 4. The van der Waals surface area contributed by atoms with Crippen molar-refractivity contribution in [2.24, 2.45) is 5.41 Å². The Hall–Kier alpha value is -2.18. The highest BCUT2D eigenvalue weighted by Crippen LogP contribution is 2.19. The van der Waals surface area contributed by atoms with Gasteiger partial charge in [0.25, 0.3) is 0 Å². The van der Waals surface area contributed by atoms with Crippen molar-refractivity contribution in [3.05, 3.63) is 12.2 Å². The maximum Gasteiger partial charge on any atom is 0.355 e. The lowest BCUT2D eigenvalue weighted by Crippen LogP contribution is -2.31. The van der Waals surface area contributed by atoms with Gasteiger partial charge in [0.2, 0.25) is 0 Å². The molecule has 130 valence electrons. The molecule has 7 heteroatoms. The fourth-order valence-electron chi connectivity index (χ4n) is 1.52. The summed E-state index contributed by atoms with van der Waals surface area (Å²) < 4.78 is 14.0. The summed E-state index contributed by atoms with van der Waals surface area (Å²) >= 11 is 0. The van der Waals surface area contributed by atoms with E-state index in [4.69, 9.17) is 9.47 Å². The Labute approximate surface area is 136 Å². The molecule has 0 heterocycles. The minimum atomic E-state index is -1.20. The van der Waals surface area contributed by atoms with Crippen LogP contribution in [0, 0.1) is 5.41 Å². The maximum atomic E-state index is 11.9. The van der Waals surface area contributed by atoms with E-state index >= 15 is 0 Å². The molecule has 0 N–H and O–H groups in total. The zero-order valence-corrected chi connectivity index (χ0v) is 14.2. The fourth-order valence-corrected chi connectivity index (χ4v) is 1.52. The molecule has 0 aromatic carbocycles. The van der Waals surface area contributed by atoms with Crippen molar-refractivity contribution in [3.8, 4) is 0 Å². The van der Waals surface area contributed by atoms with Crippen LogP contribution in [0.25, 0.3) is 0 Å². The highest BCUT2D eigenvalue weighted by molar-refractivity contribution is 5.94. The summed E-state index contributed by atoms with van der Waals surface area (Å²) in [5.41, 5.74) is -0.322. The molecule has 0 aliphatic heterocycles. The van der Waals surface area contributed by atoms with Crippen LogP contribution < -0.4 is 0 Å². The second kappa shape index (κ2) is 9.76. The third kappa shape index (κ3) is 10.2. The molecular formula is C16H24O7. The van der Waals surface area contributed by atoms with Gasteiger partial charge in [0, 0.05) is 12.2 Å². The van der Waals surface area contributed by atoms with Gasteiger partial charge in [-0.1, -0.05) is 34.1 Å². The van der Waals surface area contributed by atoms with Crippen LogP contribution in [0.1, 0.15) is 47.0 Å². The normalized spacial score (nSPS) is 12.6. The topological polar surface area (TPSA) is 96.0 Å². The van der Waals surface area contributed by atoms with Crippen LogP contribution in [-0.2, 0) is 33.4 Å². The molecule has 0 aromatic rings. The average molecular weight is 328 g/mol. The predicted molar refractivity (Wildman–Crippen MR) is 81.1 cm³/mol. The molecular weight excluding hydrogens is 304 g/mol. The van der Waals surface area contributed by atoms with Crippen molar-refractivity contribution >= 4 is 23.9 Å². The largest absolute Gasteiger partial charge is 0.466 e. The molecule has 0 saturated carbocycles. The smallest absolute Gasteiger partial charge is 0.355 e. The second-order valence-corrected chi connectivity index (χ2v) is 6.10. The summed E-state index contributed by atoms with van der Waals surface area (Å²) in [4.78, 5) is 46.0. The summed E-state index contributed by atoms with van der Waals surface area (Å²) in [6.07, 6.45) is 1.34. The summed E-state index contributed by atoms with van der Waals surface area (Å²) in [7, 11) is 1.16. The Morgan fingerprint density at radius 1 is 1.04 bits per heavy atom. The summed E-state index contributed by atoms with van der Waals surface area (Å²) in [5.74, 6) is -3.21. The van der Waals surface area contributed by atoms with Crippen molar-refractivity contribution in [2.45, 2.75) is 53.1 Å². The first-order valence-corrected chi connectivity index (χ1v) is 7.30. The quantitative estimate of drug-likeness (QED) is 0.305. The van der Waals surface area contributed by atoms with Crippen molar-refractivity contribution in [1.29, 1.82) is 0 Å². The molecule has 0 amide bonds. The lowest BCUT2D eigenvalue weighted by atomic mass is 9.92. The third-order valence-electron chi connectivity index (χ3n) is 2.52.